The molecule has 0 aliphatic carbocycles. The van der Waals surface area contributed by atoms with Crippen LogP contribution in [0.3, 0.4) is 0 Å². The number of para-hydroxylation sites is 1. The van der Waals surface area contributed by atoms with Crippen molar-refractivity contribution < 1.29 is 24.2 Å². The van der Waals surface area contributed by atoms with Gasteiger partial charge in [0.05, 0.1) is 25.3 Å². The molecule has 3 aromatic rings. The van der Waals surface area contributed by atoms with Gasteiger partial charge in [-0.15, -0.1) is 0 Å². The van der Waals surface area contributed by atoms with Crippen LogP contribution in [-0.2, 0) is 16.0 Å². The number of ether oxygens (including phenoxy) is 2. The Morgan fingerprint density at radius 2 is 1.85 bits per heavy atom. The van der Waals surface area contributed by atoms with Crippen LogP contribution in [0.1, 0.15) is 29.2 Å². The average molecular weight is 441 g/mol. The van der Waals surface area contributed by atoms with Gasteiger partial charge in [0.1, 0.15) is 17.3 Å². The molecule has 0 saturated carbocycles. The molecule has 0 aromatic heterocycles. The van der Waals surface area contributed by atoms with E-state index in [2.05, 4.69) is 0 Å². The Kier molecular flexibility index (Phi) is 5.34. The lowest BCUT2D eigenvalue weighted by Crippen LogP contribution is -2.29. The molecule has 0 spiro atoms. The number of hydrogen-bond donors (Lipinski definition) is 1. The lowest BCUT2D eigenvalue weighted by molar-refractivity contribution is -0.132. The first kappa shape index (κ1) is 20.8. The van der Waals surface area contributed by atoms with E-state index in [0.717, 1.165) is 24.2 Å². The molecule has 6 heteroatoms. The maximum absolute atomic E-state index is 13.3. The number of aryl methyl sites for hydroxylation is 1. The number of ketones is 1. The Hall–Kier alpha value is -4.06. The number of benzene rings is 3. The minimum atomic E-state index is -0.796. The number of carbonyl (C=O) groups excluding carboxylic acids is 2. The molecule has 3 aromatic carbocycles. The van der Waals surface area contributed by atoms with Gasteiger partial charge in [-0.25, -0.2) is 0 Å². The fourth-order valence-electron chi connectivity index (χ4n) is 4.48. The first-order valence-corrected chi connectivity index (χ1v) is 10.8. The zero-order valence-corrected chi connectivity index (χ0v) is 18.2. The molecule has 2 aliphatic rings. The van der Waals surface area contributed by atoms with Crippen molar-refractivity contribution in [3.8, 4) is 11.5 Å². The second-order valence-electron chi connectivity index (χ2n) is 8.06. The van der Waals surface area contributed by atoms with Crippen molar-refractivity contribution in [3.63, 3.8) is 0 Å². The molecule has 0 bridgehead atoms. The Morgan fingerprint density at radius 3 is 2.64 bits per heavy atom. The van der Waals surface area contributed by atoms with Crippen LogP contribution in [0.4, 0.5) is 5.69 Å². The Bertz CT molecular complexity index is 1260. The van der Waals surface area contributed by atoms with Crippen LogP contribution in [-0.4, -0.2) is 30.5 Å². The van der Waals surface area contributed by atoms with Crippen molar-refractivity contribution in [2.45, 2.75) is 18.9 Å². The summed E-state index contributed by atoms with van der Waals surface area (Å²) < 4.78 is 11.0. The summed E-state index contributed by atoms with van der Waals surface area (Å²) in [6, 6.07) is 20.8. The summed E-state index contributed by atoms with van der Waals surface area (Å²) in [5, 5.41) is 11.3. The smallest absolute Gasteiger partial charge is 0.300 e. The van der Waals surface area contributed by atoms with Gasteiger partial charge in [-0.1, -0.05) is 30.3 Å². The van der Waals surface area contributed by atoms with Gasteiger partial charge in [0.2, 0.25) is 0 Å². The third-order valence-electron chi connectivity index (χ3n) is 6.07. The highest BCUT2D eigenvalue weighted by molar-refractivity contribution is 6.51. The van der Waals surface area contributed by atoms with Crippen LogP contribution in [0.25, 0.3) is 5.76 Å². The van der Waals surface area contributed by atoms with Crippen LogP contribution >= 0.6 is 0 Å². The molecule has 1 unspecified atom stereocenters. The summed E-state index contributed by atoms with van der Waals surface area (Å²) in [5.41, 5.74) is 2.75. The monoisotopic (exact) mass is 441 g/mol. The van der Waals surface area contributed by atoms with Crippen molar-refractivity contribution >= 4 is 23.1 Å². The number of nitrogens with zero attached hydrogens (tertiary/aromatic N) is 1. The highest BCUT2D eigenvalue weighted by Gasteiger charge is 2.47. The van der Waals surface area contributed by atoms with Crippen LogP contribution in [0.15, 0.2) is 78.4 Å². The second kappa shape index (κ2) is 8.47. The minimum Gasteiger partial charge on any atom is -0.507 e. The SMILES string of the molecule is COc1cccc(C2/C(=C(/O)c3ccc4c(c3)CCCO4)C(=O)C(=O)N2c2ccccc2)c1. The lowest BCUT2D eigenvalue weighted by atomic mass is 9.93. The predicted molar refractivity (Wildman–Crippen MR) is 124 cm³/mol. The summed E-state index contributed by atoms with van der Waals surface area (Å²) in [6.45, 7) is 0.663. The molecule has 2 aliphatic heterocycles. The third-order valence-corrected chi connectivity index (χ3v) is 6.07. The number of hydrogen-bond acceptors (Lipinski definition) is 5. The standard InChI is InChI=1S/C27H23NO5/c1-32-21-11-5-7-18(16-21)24-23(26(30)27(31)28(24)20-9-3-2-4-10-20)25(29)19-12-13-22-17(15-19)8-6-14-33-22/h2-5,7,9-13,15-16,24,29H,6,8,14H2,1H3/b25-23-. The zero-order valence-electron chi connectivity index (χ0n) is 18.2. The fraction of sp³-hybridized carbons (Fsp3) is 0.185. The van der Waals surface area contributed by atoms with Crippen molar-refractivity contribution in [1.29, 1.82) is 0 Å². The number of fused-ring (bicyclic) bond motifs is 1. The third kappa shape index (κ3) is 3.63. The van der Waals surface area contributed by atoms with E-state index >= 15 is 0 Å². The largest absolute Gasteiger partial charge is 0.507 e. The molecule has 1 atom stereocenters. The number of amides is 1. The summed E-state index contributed by atoms with van der Waals surface area (Å²) in [7, 11) is 1.56. The number of anilines is 1. The number of aliphatic hydroxyl groups is 1. The molecule has 2 heterocycles. The summed E-state index contributed by atoms with van der Waals surface area (Å²) >= 11 is 0. The highest BCUT2D eigenvalue weighted by atomic mass is 16.5. The van der Waals surface area contributed by atoms with Crippen molar-refractivity contribution in [1.82, 2.24) is 0 Å². The maximum Gasteiger partial charge on any atom is 0.300 e. The number of methoxy groups -OCH3 is 1. The van der Waals surface area contributed by atoms with E-state index in [4.69, 9.17) is 9.47 Å². The second-order valence-corrected chi connectivity index (χ2v) is 8.06. The van der Waals surface area contributed by atoms with Gasteiger partial charge >= 0.3 is 0 Å². The van der Waals surface area contributed by atoms with E-state index in [0.29, 0.717) is 29.2 Å². The summed E-state index contributed by atoms with van der Waals surface area (Å²) in [5.74, 6) is -0.230. The van der Waals surface area contributed by atoms with E-state index < -0.39 is 17.7 Å². The average Bonchev–Trinajstić information content (AvgIpc) is 3.14. The van der Waals surface area contributed by atoms with E-state index in [-0.39, 0.29) is 11.3 Å². The molecule has 0 radical (unpaired) electrons. The molecule has 1 N–H and O–H groups in total. The molecular weight excluding hydrogens is 418 g/mol. The maximum atomic E-state index is 13.3. The first-order valence-electron chi connectivity index (χ1n) is 10.8. The van der Waals surface area contributed by atoms with Gasteiger partial charge < -0.3 is 14.6 Å². The summed E-state index contributed by atoms with van der Waals surface area (Å²) in [6.07, 6.45) is 1.72. The predicted octanol–water partition coefficient (Wildman–Crippen LogP) is 4.65. The molecular formula is C27H23NO5. The minimum absolute atomic E-state index is 0.0498. The van der Waals surface area contributed by atoms with E-state index in [1.165, 1.54) is 4.90 Å². The summed E-state index contributed by atoms with van der Waals surface area (Å²) in [4.78, 5) is 27.9. The van der Waals surface area contributed by atoms with Gasteiger partial charge in [0.25, 0.3) is 11.7 Å². The first-order chi connectivity index (χ1) is 16.1. The number of aliphatic hydroxyl groups excluding tert-OH is 1. The van der Waals surface area contributed by atoms with Gasteiger partial charge in [0.15, 0.2) is 0 Å². The normalized spacial score (nSPS) is 19.2. The van der Waals surface area contributed by atoms with E-state index in [9.17, 15) is 14.7 Å². The van der Waals surface area contributed by atoms with Crippen molar-refractivity contribution in [2.24, 2.45) is 0 Å². The molecule has 6 nitrogen and oxygen atoms in total. The molecule has 1 saturated heterocycles. The van der Waals surface area contributed by atoms with Gasteiger partial charge in [0, 0.05) is 11.3 Å². The Balaban J connectivity index is 1.70. The van der Waals surface area contributed by atoms with Gasteiger partial charge in [-0.2, -0.15) is 0 Å². The zero-order chi connectivity index (χ0) is 22.9. The molecule has 5 rings (SSSR count). The molecule has 1 amide bonds. The number of Topliss-reactive ketones (excluding diaryl/α,β-unsaturated/α-hetero) is 1. The fourth-order valence-corrected chi connectivity index (χ4v) is 4.48. The number of rotatable bonds is 4. The molecule has 33 heavy (non-hydrogen) atoms. The van der Waals surface area contributed by atoms with Crippen LogP contribution < -0.4 is 14.4 Å². The topological polar surface area (TPSA) is 76.1 Å². The van der Waals surface area contributed by atoms with Gasteiger partial charge in [-0.3, -0.25) is 14.5 Å². The lowest BCUT2D eigenvalue weighted by Gasteiger charge is -2.26. The molecule has 166 valence electrons. The van der Waals surface area contributed by atoms with Gasteiger partial charge in [-0.05, 0) is 66.4 Å². The van der Waals surface area contributed by atoms with Crippen LogP contribution in [0, 0.1) is 0 Å². The van der Waals surface area contributed by atoms with Crippen LogP contribution in [0.2, 0.25) is 0 Å². The highest BCUT2D eigenvalue weighted by Crippen LogP contribution is 2.43. The quantitative estimate of drug-likeness (QED) is 0.362. The molecule has 1 fully saturated rings. The van der Waals surface area contributed by atoms with Crippen molar-refractivity contribution in [3.05, 3.63) is 95.1 Å². The number of carbonyl (C=O) groups is 2. The Morgan fingerprint density at radius 1 is 1.03 bits per heavy atom. The van der Waals surface area contributed by atoms with Crippen molar-refractivity contribution in [2.75, 3.05) is 18.6 Å². The van der Waals surface area contributed by atoms with E-state index in [1.54, 1.807) is 61.7 Å². The Labute approximate surface area is 191 Å². The van der Waals surface area contributed by atoms with E-state index in [1.807, 2.05) is 18.2 Å². The van der Waals surface area contributed by atoms with Crippen LogP contribution in [0.5, 0.6) is 11.5 Å².